The highest BCUT2D eigenvalue weighted by Crippen LogP contribution is 2.33. The molecule has 5 nitrogen and oxygen atoms in total. The van der Waals surface area contributed by atoms with Crippen LogP contribution in [0.15, 0.2) is 18.2 Å². The maximum absolute atomic E-state index is 12.6. The number of hydrogen-bond donors (Lipinski definition) is 2. The Morgan fingerprint density at radius 2 is 1.85 bits per heavy atom. The molecule has 0 spiro atoms. The summed E-state index contributed by atoms with van der Waals surface area (Å²) >= 11 is 13.8. The average Bonchev–Trinajstić information content (AvgIpc) is 2.52. The highest BCUT2D eigenvalue weighted by atomic mass is 35.5. The Labute approximate surface area is 175 Å². The van der Waals surface area contributed by atoms with Crippen LogP contribution >= 0.6 is 35.0 Å². The standard InChI is InChI=1S/C19H28Cl2N2O3S/c1-11(2)16(23-18(25)26-19(3,4)5)17(24)22-10-15(27-6)13-8-7-12(20)9-14(13)21/h7-9,11,15-16H,10H2,1-6H3,(H,22,24)(H,23,25). The second kappa shape index (κ2) is 10.4. The largest absolute Gasteiger partial charge is 0.444 e. The molecular weight excluding hydrogens is 407 g/mol. The van der Waals surface area contributed by atoms with Gasteiger partial charge >= 0.3 is 6.09 Å². The molecule has 0 radical (unpaired) electrons. The molecule has 2 N–H and O–H groups in total. The summed E-state index contributed by atoms with van der Waals surface area (Å²) < 4.78 is 5.25. The third-order valence-electron chi connectivity index (χ3n) is 3.68. The number of carbonyl (C=O) groups is 2. The molecule has 2 unspecified atom stereocenters. The van der Waals surface area contributed by atoms with Gasteiger partial charge in [0, 0.05) is 21.8 Å². The van der Waals surface area contributed by atoms with E-state index in [2.05, 4.69) is 10.6 Å². The number of alkyl carbamates (subject to hydrolysis) is 1. The van der Waals surface area contributed by atoms with Gasteiger partial charge in [0.25, 0.3) is 0 Å². The maximum Gasteiger partial charge on any atom is 0.408 e. The normalized spacial score (nSPS) is 13.8. The summed E-state index contributed by atoms with van der Waals surface area (Å²) in [5, 5.41) is 6.64. The molecule has 1 aromatic carbocycles. The lowest BCUT2D eigenvalue weighted by Gasteiger charge is -2.26. The molecule has 2 amide bonds. The van der Waals surface area contributed by atoms with Gasteiger partial charge in [-0.3, -0.25) is 4.79 Å². The van der Waals surface area contributed by atoms with Crippen molar-refractivity contribution in [2.75, 3.05) is 12.8 Å². The van der Waals surface area contributed by atoms with Gasteiger partial charge in [-0.1, -0.05) is 43.1 Å². The van der Waals surface area contributed by atoms with Crippen molar-refractivity contribution in [1.82, 2.24) is 10.6 Å². The summed E-state index contributed by atoms with van der Waals surface area (Å²) in [6.45, 7) is 9.43. The van der Waals surface area contributed by atoms with E-state index < -0.39 is 17.7 Å². The Hall–Kier alpha value is -1.11. The molecule has 1 aromatic rings. The summed E-state index contributed by atoms with van der Waals surface area (Å²) in [6, 6.07) is 4.62. The molecule has 1 rings (SSSR count). The van der Waals surface area contributed by atoms with E-state index in [1.807, 2.05) is 26.2 Å². The third kappa shape index (κ3) is 8.20. The summed E-state index contributed by atoms with van der Waals surface area (Å²) in [5.41, 5.74) is 0.271. The molecule has 0 heterocycles. The minimum Gasteiger partial charge on any atom is -0.444 e. The molecule has 0 saturated carbocycles. The van der Waals surface area contributed by atoms with Crippen LogP contribution in [0.1, 0.15) is 45.4 Å². The number of thioether (sulfide) groups is 1. The highest BCUT2D eigenvalue weighted by Gasteiger charge is 2.27. The molecule has 0 bridgehead atoms. The first-order chi connectivity index (χ1) is 12.4. The van der Waals surface area contributed by atoms with Crippen LogP contribution in [0.5, 0.6) is 0 Å². The minimum atomic E-state index is -0.692. The van der Waals surface area contributed by atoms with Gasteiger partial charge in [0.1, 0.15) is 11.6 Å². The second-order valence-corrected chi connectivity index (χ2v) is 9.39. The van der Waals surface area contributed by atoms with Gasteiger partial charge in [-0.2, -0.15) is 11.8 Å². The summed E-state index contributed by atoms with van der Waals surface area (Å²) in [6.07, 6.45) is 1.33. The van der Waals surface area contributed by atoms with Crippen molar-refractivity contribution < 1.29 is 14.3 Å². The molecule has 27 heavy (non-hydrogen) atoms. The first kappa shape index (κ1) is 23.9. The summed E-state index contributed by atoms with van der Waals surface area (Å²) in [5.74, 6) is -0.357. The van der Waals surface area contributed by atoms with Crippen LogP contribution in [0.25, 0.3) is 0 Å². The van der Waals surface area contributed by atoms with E-state index in [4.69, 9.17) is 27.9 Å². The van der Waals surface area contributed by atoms with Gasteiger partial charge in [0.05, 0.1) is 0 Å². The Morgan fingerprint density at radius 3 is 2.33 bits per heavy atom. The van der Waals surface area contributed by atoms with E-state index in [9.17, 15) is 9.59 Å². The van der Waals surface area contributed by atoms with Crippen LogP contribution in [0.2, 0.25) is 10.0 Å². The Bertz CT molecular complexity index is 663. The molecule has 0 saturated heterocycles. The van der Waals surface area contributed by atoms with Gasteiger partial charge in [-0.05, 0) is 50.6 Å². The number of halogens is 2. The van der Waals surface area contributed by atoms with Crippen molar-refractivity contribution in [3.63, 3.8) is 0 Å². The summed E-state index contributed by atoms with van der Waals surface area (Å²) in [7, 11) is 0. The number of rotatable bonds is 7. The van der Waals surface area contributed by atoms with Crippen molar-refractivity contribution in [2.45, 2.75) is 51.5 Å². The smallest absolute Gasteiger partial charge is 0.408 e. The zero-order valence-electron chi connectivity index (χ0n) is 16.6. The molecular formula is C19H28Cl2N2O3S. The molecule has 0 aliphatic carbocycles. The Morgan fingerprint density at radius 1 is 1.22 bits per heavy atom. The van der Waals surface area contributed by atoms with Crippen molar-refractivity contribution in [1.29, 1.82) is 0 Å². The Kier molecular flexibility index (Phi) is 9.25. The van der Waals surface area contributed by atoms with E-state index in [1.54, 1.807) is 44.7 Å². The van der Waals surface area contributed by atoms with Crippen molar-refractivity contribution in [3.8, 4) is 0 Å². The quantitative estimate of drug-likeness (QED) is 0.628. The molecule has 0 fully saturated rings. The fraction of sp³-hybridized carbons (Fsp3) is 0.579. The topological polar surface area (TPSA) is 67.4 Å². The van der Waals surface area contributed by atoms with Crippen LogP contribution in [0.3, 0.4) is 0 Å². The van der Waals surface area contributed by atoms with Crippen LogP contribution in [0, 0.1) is 5.92 Å². The lowest BCUT2D eigenvalue weighted by atomic mass is 10.0. The first-order valence-corrected chi connectivity index (χ1v) is 10.7. The van der Waals surface area contributed by atoms with Crippen LogP contribution in [-0.4, -0.2) is 36.4 Å². The molecule has 8 heteroatoms. The van der Waals surface area contributed by atoms with Gasteiger partial charge < -0.3 is 15.4 Å². The predicted octanol–water partition coefficient (Wildman–Crippen LogP) is 5.06. The number of ether oxygens (including phenoxy) is 1. The van der Waals surface area contributed by atoms with Gasteiger partial charge in [0.2, 0.25) is 5.91 Å². The molecule has 0 aliphatic heterocycles. The van der Waals surface area contributed by atoms with Crippen molar-refractivity contribution >= 4 is 47.0 Å². The van der Waals surface area contributed by atoms with E-state index in [0.29, 0.717) is 16.6 Å². The molecule has 152 valence electrons. The van der Waals surface area contributed by atoms with Crippen LogP contribution < -0.4 is 10.6 Å². The molecule has 2 atom stereocenters. The lowest BCUT2D eigenvalue weighted by Crippen LogP contribution is -2.51. The minimum absolute atomic E-state index is 0.0342. The predicted molar refractivity (Wildman–Crippen MR) is 114 cm³/mol. The third-order valence-corrected chi connectivity index (χ3v) is 5.23. The van der Waals surface area contributed by atoms with Gasteiger partial charge in [-0.25, -0.2) is 4.79 Å². The fourth-order valence-electron chi connectivity index (χ4n) is 2.36. The molecule has 0 aliphatic rings. The zero-order valence-corrected chi connectivity index (χ0v) is 18.9. The number of hydrogen-bond acceptors (Lipinski definition) is 4. The number of benzene rings is 1. The monoisotopic (exact) mass is 434 g/mol. The van der Waals surface area contributed by atoms with Crippen LogP contribution in [0.4, 0.5) is 4.79 Å². The number of nitrogens with one attached hydrogen (secondary N) is 2. The average molecular weight is 435 g/mol. The zero-order chi connectivity index (χ0) is 20.8. The number of amides is 2. The van der Waals surface area contributed by atoms with E-state index >= 15 is 0 Å². The SMILES string of the molecule is CSC(CNC(=O)C(NC(=O)OC(C)(C)C)C(C)C)c1ccc(Cl)cc1Cl. The first-order valence-electron chi connectivity index (χ1n) is 8.69. The van der Waals surface area contributed by atoms with Crippen LogP contribution in [-0.2, 0) is 9.53 Å². The fourth-order valence-corrected chi connectivity index (χ4v) is 3.67. The van der Waals surface area contributed by atoms with E-state index in [1.165, 1.54) is 0 Å². The van der Waals surface area contributed by atoms with Gasteiger partial charge in [-0.15, -0.1) is 0 Å². The van der Waals surface area contributed by atoms with E-state index in [-0.39, 0.29) is 17.1 Å². The maximum atomic E-state index is 12.6. The van der Waals surface area contributed by atoms with Gasteiger partial charge in [0.15, 0.2) is 0 Å². The van der Waals surface area contributed by atoms with E-state index in [0.717, 1.165) is 5.56 Å². The molecule has 0 aromatic heterocycles. The Balaban J connectivity index is 2.76. The number of carbonyl (C=O) groups excluding carboxylic acids is 2. The second-order valence-electron chi connectivity index (χ2n) is 7.50. The lowest BCUT2D eigenvalue weighted by molar-refractivity contribution is -0.124. The highest BCUT2D eigenvalue weighted by molar-refractivity contribution is 7.98. The summed E-state index contributed by atoms with van der Waals surface area (Å²) in [4.78, 5) is 24.7. The van der Waals surface area contributed by atoms with Crippen molar-refractivity contribution in [2.24, 2.45) is 5.92 Å². The van der Waals surface area contributed by atoms with Crippen molar-refractivity contribution in [3.05, 3.63) is 33.8 Å².